The quantitative estimate of drug-likeness (QED) is 0.609. The molecule has 2 aromatic rings. The van der Waals surface area contributed by atoms with Crippen molar-refractivity contribution in [3.8, 4) is 17.0 Å². The second-order valence-corrected chi connectivity index (χ2v) is 7.50. The molecule has 3 rings (SSSR count). The van der Waals surface area contributed by atoms with Crippen LogP contribution in [0.5, 0.6) is 5.75 Å². The van der Waals surface area contributed by atoms with E-state index in [0.717, 1.165) is 67.1 Å². The highest BCUT2D eigenvalue weighted by Crippen LogP contribution is 2.36. The predicted molar refractivity (Wildman–Crippen MR) is 113 cm³/mol. The molecular weight excluding hydrogens is 334 g/mol. The van der Waals surface area contributed by atoms with Gasteiger partial charge in [-0.1, -0.05) is 33.6 Å². The van der Waals surface area contributed by atoms with E-state index in [9.17, 15) is 5.11 Å². The van der Waals surface area contributed by atoms with Crippen molar-refractivity contribution in [1.29, 1.82) is 0 Å². The van der Waals surface area contributed by atoms with E-state index in [2.05, 4.69) is 32.2 Å². The maximum Gasteiger partial charge on any atom is 0.148 e. The van der Waals surface area contributed by atoms with Gasteiger partial charge in [0, 0.05) is 12.1 Å². The lowest BCUT2D eigenvalue weighted by atomic mass is 9.89. The predicted octanol–water partition coefficient (Wildman–Crippen LogP) is 5.45. The zero-order valence-electron chi connectivity index (χ0n) is 17.1. The van der Waals surface area contributed by atoms with Gasteiger partial charge in [0.1, 0.15) is 11.6 Å². The summed E-state index contributed by atoms with van der Waals surface area (Å²) < 4.78 is 0. The molecule has 0 amide bonds. The van der Waals surface area contributed by atoms with Crippen LogP contribution in [0.4, 0.5) is 5.82 Å². The Morgan fingerprint density at radius 2 is 1.63 bits per heavy atom. The van der Waals surface area contributed by atoms with E-state index in [-0.39, 0.29) is 0 Å². The molecule has 0 unspecified atom stereocenters. The van der Waals surface area contributed by atoms with Crippen molar-refractivity contribution in [3.05, 3.63) is 34.6 Å². The number of hydrogen-bond acceptors (Lipinski definition) is 4. The van der Waals surface area contributed by atoms with E-state index in [1.54, 1.807) is 0 Å². The zero-order valence-corrected chi connectivity index (χ0v) is 17.1. The Labute approximate surface area is 163 Å². The van der Waals surface area contributed by atoms with Gasteiger partial charge in [-0.15, -0.1) is 0 Å². The van der Waals surface area contributed by atoms with Crippen LogP contribution in [0.3, 0.4) is 0 Å². The SMILES string of the molecule is CCCCCNc1nc(CC)c(-c2cc3c(cc2O)CCCC3)nc1CC. The summed E-state index contributed by atoms with van der Waals surface area (Å²) in [5.41, 5.74) is 6.27. The monoisotopic (exact) mass is 367 g/mol. The first-order valence-corrected chi connectivity index (χ1v) is 10.7. The van der Waals surface area contributed by atoms with Crippen LogP contribution < -0.4 is 5.32 Å². The van der Waals surface area contributed by atoms with Gasteiger partial charge < -0.3 is 10.4 Å². The van der Waals surface area contributed by atoms with Gasteiger partial charge in [0.05, 0.1) is 17.1 Å². The molecule has 0 saturated heterocycles. The first-order valence-electron chi connectivity index (χ1n) is 10.7. The Kier molecular flexibility index (Phi) is 6.70. The molecule has 1 aliphatic rings. The number of fused-ring (bicyclic) bond motifs is 1. The molecule has 146 valence electrons. The fraction of sp³-hybridized carbons (Fsp3) is 0.565. The molecule has 0 saturated carbocycles. The minimum Gasteiger partial charge on any atom is -0.507 e. The van der Waals surface area contributed by atoms with E-state index >= 15 is 0 Å². The molecule has 0 aliphatic heterocycles. The zero-order chi connectivity index (χ0) is 19.2. The normalized spacial score (nSPS) is 13.4. The molecule has 2 N–H and O–H groups in total. The largest absolute Gasteiger partial charge is 0.507 e. The van der Waals surface area contributed by atoms with Crippen molar-refractivity contribution in [2.24, 2.45) is 0 Å². The molecule has 0 spiro atoms. The summed E-state index contributed by atoms with van der Waals surface area (Å²) >= 11 is 0. The second kappa shape index (κ2) is 9.20. The van der Waals surface area contributed by atoms with E-state index in [1.165, 1.54) is 36.8 Å². The standard InChI is InChI=1S/C23H33N3O/c1-4-7-10-13-24-23-20(6-3)25-22(19(5-2)26-23)18-14-16-11-8-9-12-17(16)15-21(18)27/h14-15,27H,4-13H2,1-3H3,(H,24,26). The summed E-state index contributed by atoms with van der Waals surface area (Å²) in [6, 6.07) is 4.11. The number of benzene rings is 1. The Morgan fingerprint density at radius 1 is 0.926 bits per heavy atom. The van der Waals surface area contributed by atoms with Crippen LogP contribution in [0.25, 0.3) is 11.3 Å². The van der Waals surface area contributed by atoms with Crippen molar-refractivity contribution in [2.45, 2.75) is 78.6 Å². The van der Waals surface area contributed by atoms with Gasteiger partial charge in [0.15, 0.2) is 0 Å². The van der Waals surface area contributed by atoms with Gasteiger partial charge in [0.25, 0.3) is 0 Å². The van der Waals surface area contributed by atoms with E-state index in [4.69, 9.17) is 9.97 Å². The third-order valence-electron chi connectivity index (χ3n) is 5.50. The fourth-order valence-electron chi connectivity index (χ4n) is 3.90. The van der Waals surface area contributed by atoms with Crippen LogP contribution in [0.15, 0.2) is 12.1 Å². The number of unbranched alkanes of at least 4 members (excludes halogenated alkanes) is 2. The van der Waals surface area contributed by atoms with E-state index in [0.29, 0.717) is 5.75 Å². The molecule has 0 radical (unpaired) electrons. The second-order valence-electron chi connectivity index (χ2n) is 7.50. The number of hydrogen-bond donors (Lipinski definition) is 2. The van der Waals surface area contributed by atoms with Crippen molar-refractivity contribution in [2.75, 3.05) is 11.9 Å². The highest BCUT2D eigenvalue weighted by Gasteiger charge is 2.19. The van der Waals surface area contributed by atoms with Gasteiger partial charge in [0.2, 0.25) is 0 Å². The van der Waals surface area contributed by atoms with Crippen molar-refractivity contribution in [1.82, 2.24) is 9.97 Å². The highest BCUT2D eigenvalue weighted by atomic mass is 16.3. The number of phenolic OH excluding ortho intramolecular Hbond substituents is 1. The molecule has 0 fully saturated rings. The fourth-order valence-corrected chi connectivity index (χ4v) is 3.90. The lowest BCUT2D eigenvalue weighted by molar-refractivity contribution is 0.475. The molecular formula is C23H33N3O. The number of aromatic hydroxyl groups is 1. The third-order valence-corrected chi connectivity index (χ3v) is 5.50. The van der Waals surface area contributed by atoms with Crippen LogP contribution in [0.1, 0.15) is 75.4 Å². The van der Waals surface area contributed by atoms with Crippen molar-refractivity contribution >= 4 is 5.82 Å². The van der Waals surface area contributed by atoms with Gasteiger partial charge in [-0.05, 0) is 68.2 Å². The number of aryl methyl sites for hydroxylation is 4. The van der Waals surface area contributed by atoms with Crippen LogP contribution in [-0.4, -0.2) is 21.6 Å². The third kappa shape index (κ3) is 4.42. The average molecular weight is 368 g/mol. The summed E-state index contributed by atoms with van der Waals surface area (Å²) in [6.45, 7) is 7.37. The minimum atomic E-state index is 0.338. The summed E-state index contributed by atoms with van der Waals surface area (Å²) in [7, 11) is 0. The van der Waals surface area contributed by atoms with Crippen LogP contribution in [0, 0.1) is 0 Å². The number of aromatic nitrogens is 2. The van der Waals surface area contributed by atoms with Crippen LogP contribution in [0.2, 0.25) is 0 Å². The molecule has 0 bridgehead atoms. The smallest absolute Gasteiger partial charge is 0.148 e. The van der Waals surface area contributed by atoms with Gasteiger partial charge >= 0.3 is 0 Å². The number of nitrogens with zero attached hydrogens (tertiary/aromatic N) is 2. The van der Waals surface area contributed by atoms with Gasteiger partial charge in [-0.3, -0.25) is 0 Å². The molecule has 1 aromatic heterocycles. The van der Waals surface area contributed by atoms with Crippen LogP contribution in [-0.2, 0) is 25.7 Å². The Bertz CT molecular complexity index is 786. The summed E-state index contributed by atoms with van der Waals surface area (Å²) in [4.78, 5) is 9.86. The lowest BCUT2D eigenvalue weighted by Crippen LogP contribution is -2.11. The van der Waals surface area contributed by atoms with E-state index in [1.807, 2.05) is 6.07 Å². The number of anilines is 1. The maximum atomic E-state index is 10.7. The highest BCUT2D eigenvalue weighted by molar-refractivity contribution is 5.72. The molecule has 0 atom stereocenters. The Morgan fingerprint density at radius 3 is 2.30 bits per heavy atom. The van der Waals surface area contributed by atoms with Crippen molar-refractivity contribution in [3.63, 3.8) is 0 Å². The van der Waals surface area contributed by atoms with E-state index < -0.39 is 0 Å². The number of nitrogens with one attached hydrogen (secondary N) is 1. The summed E-state index contributed by atoms with van der Waals surface area (Å²) in [5.74, 6) is 1.25. The first kappa shape index (κ1) is 19.7. The molecule has 4 nitrogen and oxygen atoms in total. The topological polar surface area (TPSA) is 58.0 Å². The first-order chi connectivity index (χ1) is 13.2. The molecule has 4 heteroatoms. The van der Waals surface area contributed by atoms with Crippen molar-refractivity contribution < 1.29 is 5.11 Å². The molecule has 1 aromatic carbocycles. The summed E-state index contributed by atoms with van der Waals surface area (Å²) in [5, 5.41) is 14.2. The van der Waals surface area contributed by atoms with Gasteiger partial charge in [-0.2, -0.15) is 0 Å². The summed E-state index contributed by atoms with van der Waals surface area (Å²) in [6.07, 6.45) is 9.81. The van der Waals surface area contributed by atoms with Crippen LogP contribution >= 0.6 is 0 Å². The molecule has 1 heterocycles. The number of phenols is 1. The maximum absolute atomic E-state index is 10.7. The minimum absolute atomic E-state index is 0.338. The molecule has 27 heavy (non-hydrogen) atoms. The van der Waals surface area contributed by atoms with Gasteiger partial charge in [-0.25, -0.2) is 9.97 Å². The average Bonchev–Trinajstić information content (AvgIpc) is 2.70. The number of rotatable bonds is 8. The molecule has 1 aliphatic carbocycles. The lowest BCUT2D eigenvalue weighted by Gasteiger charge is -2.19. The Hall–Kier alpha value is -2.10. The Balaban J connectivity index is 1.97.